The number of nitrogens with zero attached hydrogens (tertiary/aromatic N) is 1. The largest absolute Gasteiger partial charge is 0.327 e. The molecule has 0 aromatic heterocycles. The summed E-state index contributed by atoms with van der Waals surface area (Å²) in [6.45, 7) is 9.18. The molecular weight excluding hydrogens is 148 g/mol. The van der Waals surface area contributed by atoms with Gasteiger partial charge >= 0.3 is 0 Å². The molecule has 0 aliphatic carbocycles. The first-order valence-electron chi connectivity index (χ1n) is 5.13. The second-order valence-electron chi connectivity index (χ2n) is 4.31. The Morgan fingerprint density at radius 1 is 1.50 bits per heavy atom. The summed E-state index contributed by atoms with van der Waals surface area (Å²) >= 11 is 0. The van der Waals surface area contributed by atoms with Crippen LogP contribution < -0.4 is 5.73 Å². The SMILES string of the molecule is CCC(C)N1CC(C)CC(N)C1. The van der Waals surface area contributed by atoms with E-state index in [4.69, 9.17) is 5.73 Å². The minimum Gasteiger partial charge on any atom is -0.327 e. The standard InChI is InChI=1S/C10H22N2/c1-4-9(3)12-6-8(2)5-10(11)7-12/h8-10H,4-7,11H2,1-3H3. The minimum atomic E-state index is 0.405. The Labute approximate surface area is 76.1 Å². The van der Waals surface area contributed by atoms with E-state index >= 15 is 0 Å². The van der Waals surface area contributed by atoms with Crippen molar-refractivity contribution < 1.29 is 0 Å². The highest BCUT2D eigenvalue weighted by Crippen LogP contribution is 2.17. The molecule has 72 valence electrons. The van der Waals surface area contributed by atoms with E-state index in [9.17, 15) is 0 Å². The minimum absolute atomic E-state index is 0.405. The lowest BCUT2D eigenvalue weighted by molar-refractivity contribution is 0.121. The van der Waals surface area contributed by atoms with Gasteiger partial charge in [-0.3, -0.25) is 4.90 Å². The van der Waals surface area contributed by atoms with Crippen molar-refractivity contribution in [2.24, 2.45) is 11.7 Å². The van der Waals surface area contributed by atoms with Crippen molar-refractivity contribution in [1.29, 1.82) is 0 Å². The number of likely N-dealkylation sites (tertiary alicyclic amines) is 1. The lowest BCUT2D eigenvalue weighted by Gasteiger charge is -2.38. The Kier molecular flexibility index (Phi) is 3.53. The smallest absolute Gasteiger partial charge is 0.0170 e. The molecule has 0 aromatic rings. The maximum atomic E-state index is 5.97. The zero-order valence-electron chi connectivity index (χ0n) is 8.59. The van der Waals surface area contributed by atoms with Crippen molar-refractivity contribution in [3.63, 3.8) is 0 Å². The van der Waals surface area contributed by atoms with E-state index in [0.29, 0.717) is 12.1 Å². The predicted molar refractivity (Wildman–Crippen MR) is 53.1 cm³/mol. The fourth-order valence-electron chi connectivity index (χ4n) is 2.06. The molecule has 12 heavy (non-hydrogen) atoms. The van der Waals surface area contributed by atoms with Gasteiger partial charge in [-0.2, -0.15) is 0 Å². The first-order chi connectivity index (χ1) is 5.63. The van der Waals surface area contributed by atoms with Gasteiger partial charge in [0.25, 0.3) is 0 Å². The van der Waals surface area contributed by atoms with Gasteiger partial charge in [-0.15, -0.1) is 0 Å². The molecule has 1 rings (SSSR count). The molecule has 1 saturated heterocycles. The number of hydrogen-bond donors (Lipinski definition) is 1. The number of hydrogen-bond acceptors (Lipinski definition) is 2. The average Bonchev–Trinajstić information content (AvgIpc) is 2.01. The summed E-state index contributed by atoms with van der Waals surface area (Å²) in [7, 11) is 0. The molecular formula is C10H22N2. The lowest BCUT2D eigenvalue weighted by Crippen LogP contribution is -2.49. The lowest BCUT2D eigenvalue weighted by atomic mass is 9.95. The maximum absolute atomic E-state index is 5.97. The summed E-state index contributed by atoms with van der Waals surface area (Å²) in [5, 5.41) is 0. The molecule has 1 aliphatic heterocycles. The van der Waals surface area contributed by atoms with Gasteiger partial charge in [-0.1, -0.05) is 13.8 Å². The van der Waals surface area contributed by atoms with Crippen LogP contribution in [0.4, 0.5) is 0 Å². The third-order valence-corrected chi connectivity index (χ3v) is 2.93. The van der Waals surface area contributed by atoms with Gasteiger partial charge in [0.05, 0.1) is 0 Å². The quantitative estimate of drug-likeness (QED) is 0.679. The van der Waals surface area contributed by atoms with Gasteiger partial charge in [0.1, 0.15) is 0 Å². The Morgan fingerprint density at radius 3 is 2.67 bits per heavy atom. The van der Waals surface area contributed by atoms with Crippen LogP contribution in [-0.2, 0) is 0 Å². The molecule has 3 unspecified atom stereocenters. The van der Waals surface area contributed by atoms with Crippen LogP contribution in [0.3, 0.4) is 0 Å². The van der Waals surface area contributed by atoms with Crippen LogP contribution in [0.2, 0.25) is 0 Å². The summed E-state index contributed by atoms with van der Waals surface area (Å²) in [5.41, 5.74) is 5.97. The molecule has 1 aliphatic rings. The zero-order chi connectivity index (χ0) is 9.14. The van der Waals surface area contributed by atoms with Crippen LogP contribution in [0, 0.1) is 5.92 Å². The van der Waals surface area contributed by atoms with Crippen LogP contribution in [-0.4, -0.2) is 30.1 Å². The van der Waals surface area contributed by atoms with Gasteiger partial charge in [-0.25, -0.2) is 0 Å². The molecule has 0 spiro atoms. The average molecular weight is 170 g/mol. The Morgan fingerprint density at radius 2 is 2.17 bits per heavy atom. The number of rotatable bonds is 2. The molecule has 1 heterocycles. The second-order valence-corrected chi connectivity index (χ2v) is 4.31. The molecule has 2 nitrogen and oxygen atoms in total. The van der Waals surface area contributed by atoms with Gasteiger partial charge in [0, 0.05) is 25.2 Å². The predicted octanol–water partition coefficient (Wildman–Crippen LogP) is 1.45. The number of nitrogens with two attached hydrogens (primary N) is 1. The van der Waals surface area contributed by atoms with Gasteiger partial charge in [-0.05, 0) is 25.7 Å². The van der Waals surface area contributed by atoms with Crippen molar-refractivity contribution in [1.82, 2.24) is 4.90 Å². The van der Waals surface area contributed by atoms with E-state index in [-0.39, 0.29) is 0 Å². The number of piperidine rings is 1. The van der Waals surface area contributed by atoms with Crippen LogP contribution >= 0.6 is 0 Å². The van der Waals surface area contributed by atoms with Crippen molar-refractivity contribution >= 4 is 0 Å². The van der Waals surface area contributed by atoms with E-state index in [1.165, 1.54) is 19.4 Å². The highest BCUT2D eigenvalue weighted by Gasteiger charge is 2.24. The topological polar surface area (TPSA) is 29.3 Å². The maximum Gasteiger partial charge on any atom is 0.0170 e. The first-order valence-corrected chi connectivity index (χ1v) is 5.13. The molecule has 2 heteroatoms. The molecule has 0 radical (unpaired) electrons. The summed E-state index contributed by atoms with van der Waals surface area (Å²) < 4.78 is 0. The van der Waals surface area contributed by atoms with Crippen LogP contribution in [0.25, 0.3) is 0 Å². The van der Waals surface area contributed by atoms with E-state index < -0.39 is 0 Å². The fourth-order valence-corrected chi connectivity index (χ4v) is 2.06. The third-order valence-electron chi connectivity index (χ3n) is 2.93. The first kappa shape index (κ1) is 10.0. The highest BCUT2D eigenvalue weighted by atomic mass is 15.2. The van der Waals surface area contributed by atoms with Gasteiger partial charge < -0.3 is 5.73 Å². The van der Waals surface area contributed by atoms with E-state index in [2.05, 4.69) is 25.7 Å². The van der Waals surface area contributed by atoms with Crippen molar-refractivity contribution in [2.75, 3.05) is 13.1 Å². The van der Waals surface area contributed by atoms with Crippen molar-refractivity contribution in [2.45, 2.75) is 45.7 Å². The van der Waals surface area contributed by atoms with Crippen LogP contribution in [0.1, 0.15) is 33.6 Å². The van der Waals surface area contributed by atoms with Crippen LogP contribution in [0.5, 0.6) is 0 Å². The molecule has 2 N–H and O–H groups in total. The fraction of sp³-hybridized carbons (Fsp3) is 1.00. The Hall–Kier alpha value is -0.0800. The summed E-state index contributed by atoms with van der Waals surface area (Å²) in [4.78, 5) is 2.53. The molecule has 0 amide bonds. The zero-order valence-corrected chi connectivity index (χ0v) is 8.59. The van der Waals surface area contributed by atoms with Crippen LogP contribution in [0.15, 0.2) is 0 Å². The molecule has 1 fully saturated rings. The summed E-state index contributed by atoms with van der Waals surface area (Å²) in [6.07, 6.45) is 2.44. The van der Waals surface area contributed by atoms with Gasteiger partial charge in [0.15, 0.2) is 0 Å². The highest BCUT2D eigenvalue weighted by molar-refractivity contribution is 4.81. The molecule has 3 atom stereocenters. The second kappa shape index (κ2) is 4.24. The third kappa shape index (κ3) is 2.46. The van der Waals surface area contributed by atoms with E-state index in [0.717, 1.165) is 12.5 Å². The Balaban J connectivity index is 2.43. The summed E-state index contributed by atoms with van der Waals surface area (Å²) in [5.74, 6) is 0.780. The molecule has 0 bridgehead atoms. The van der Waals surface area contributed by atoms with Crippen molar-refractivity contribution in [3.05, 3.63) is 0 Å². The monoisotopic (exact) mass is 170 g/mol. The normalized spacial score (nSPS) is 35.0. The van der Waals surface area contributed by atoms with Gasteiger partial charge in [0.2, 0.25) is 0 Å². The Bertz CT molecular complexity index is 126. The molecule has 0 saturated carbocycles. The molecule has 0 aromatic carbocycles. The van der Waals surface area contributed by atoms with E-state index in [1.807, 2.05) is 0 Å². The summed E-state index contributed by atoms with van der Waals surface area (Å²) in [6, 6.07) is 1.11. The van der Waals surface area contributed by atoms with E-state index in [1.54, 1.807) is 0 Å². The van der Waals surface area contributed by atoms with Crippen molar-refractivity contribution in [3.8, 4) is 0 Å².